The first-order valence-corrected chi connectivity index (χ1v) is 5.88. The summed E-state index contributed by atoms with van der Waals surface area (Å²) >= 11 is 7.35. The Hall–Kier alpha value is -0.420. The summed E-state index contributed by atoms with van der Waals surface area (Å²) < 4.78 is 5.17. The number of thioether (sulfide) groups is 1. The van der Waals surface area contributed by atoms with Crippen molar-refractivity contribution in [1.29, 1.82) is 0 Å². The van der Waals surface area contributed by atoms with Crippen LogP contribution in [0, 0.1) is 0 Å². The molecule has 15 heavy (non-hydrogen) atoms. The molecular weight excluding hydrogens is 234 g/mol. The zero-order valence-corrected chi connectivity index (χ0v) is 10.0. The van der Waals surface area contributed by atoms with Crippen molar-refractivity contribution in [3.8, 4) is 5.75 Å². The van der Waals surface area contributed by atoms with Crippen LogP contribution in [0.25, 0.3) is 0 Å². The summed E-state index contributed by atoms with van der Waals surface area (Å²) in [6.45, 7) is 0.260. The van der Waals surface area contributed by atoms with Gasteiger partial charge in [-0.2, -0.15) is 0 Å². The van der Waals surface area contributed by atoms with Gasteiger partial charge in [0.15, 0.2) is 0 Å². The fourth-order valence-corrected chi connectivity index (χ4v) is 2.27. The van der Waals surface area contributed by atoms with Crippen LogP contribution in [0.1, 0.15) is 0 Å². The summed E-state index contributed by atoms with van der Waals surface area (Å²) in [7, 11) is 1.60. The third-order valence-corrected chi connectivity index (χ3v) is 3.25. The van der Waals surface area contributed by atoms with E-state index >= 15 is 0 Å². The van der Waals surface area contributed by atoms with Crippen molar-refractivity contribution in [1.82, 2.24) is 0 Å². The Labute approximate surface area is 98.6 Å². The zero-order chi connectivity index (χ0) is 11.3. The van der Waals surface area contributed by atoms with Crippen molar-refractivity contribution < 1.29 is 9.84 Å². The molecule has 1 unspecified atom stereocenters. The number of ether oxygens (including phenoxy) is 1. The van der Waals surface area contributed by atoms with Gasteiger partial charge >= 0.3 is 0 Å². The molecule has 0 aliphatic rings. The van der Waals surface area contributed by atoms with Crippen molar-refractivity contribution in [2.24, 2.45) is 5.73 Å². The van der Waals surface area contributed by atoms with E-state index < -0.39 is 6.10 Å². The minimum atomic E-state index is -0.501. The number of hydrogen-bond donors (Lipinski definition) is 2. The predicted molar refractivity (Wildman–Crippen MR) is 63.8 cm³/mol. The highest BCUT2D eigenvalue weighted by atomic mass is 35.5. The van der Waals surface area contributed by atoms with Crippen molar-refractivity contribution in [2.75, 3.05) is 19.4 Å². The Balaban J connectivity index is 2.69. The Morgan fingerprint density at radius 1 is 1.60 bits per heavy atom. The molecule has 1 atom stereocenters. The number of methoxy groups -OCH3 is 1. The minimum Gasteiger partial charge on any atom is -0.496 e. The highest BCUT2D eigenvalue weighted by Crippen LogP contribution is 2.31. The Kier molecular flexibility index (Phi) is 5.25. The SMILES string of the molecule is COc1ccc(Cl)cc1SCC(O)CN. The van der Waals surface area contributed by atoms with Crippen LogP contribution >= 0.6 is 23.4 Å². The van der Waals surface area contributed by atoms with Gasteiger partial charge in [0.25, 0.3) is 0 Å². The van der Waals surface area contributed by atoms with Gasteiger partial charge in [0, 0.05) is 17.3 Å². The maximum Gasteiger partial charge on any atom is 0.132 e. The molecule has 3 N–H and O–H groups in total. The smallest absolute Gasteiger partial charge is 0.132 e. The first-order chi connectivity index (χ1) is 7.17. The van der Waals surface area contributed by atoms with E-state index in [9.17, 15) is 5.11 Å². The van der Waals surface area contributed by atoms with Gasteiger partial charge in [-0.05, 0) is 18.2 Å². The van der Waals surface area contributed by atoms with E-state index in [-0.39, 0.29) is 6.54 Å². The quantitative estimate of drug-likeness (QED) is 0.779. The molecule has 0 saturated heterocycles. The lowest BCUT2D eigenvalue weighted by Crippen LogP contribution is -2.21. The molecule has 0 saturated carbocycles. The highest BCUT2D eigenvalue weighted by Gasteiger charge is 2.07. The molecule has 5 heteroatoms. The summed E-state index contributed by atoms with van der Waals surface area (Å²) in [5.74, 6) is 1.29. The summed E-state index contributed by atoms with van der Waals surface area (Å²) in [5.41, 5.74) is 5.32. The highest BCUT2D eigenvalue weighted by molar-refractivity contribution is 7.99. The van der Waals surface area contributed by atoms with Crippen LogP contribution < -0.4 is 10.5 Å². The number of halogens is 1. The van der Waals surface area contributed by atoms with Crippen LogP contribution in [0.2, 0.25) is 5.02 Å². The number of rotatable bonds is 5. The normalized spacial score (nSPS) is 12.5. The summed E-state index contributed by atoms with van der Waals surface area (Å²) in [6.07, 6.45) is -0.501. The maximum atomic E-state index is 9.33. The van der Waals surface area contributed by atoms with Gasteiger partial charge in [0.05, 0.1) is 18.1 Å². The van der Waals surface area contributed by atoms with E-state index in [1.54, 1.807) is 19.2 Å². The molecule has 0 amide bonds. The lowest BCUT2D eigenvalue weighted by atomic mass is 10.3. The Morgan fingerprint density at radius 2 is 2.33 bits per heavy atom. The molecule has 0 bridgehead atoms. The molecule has 0 fully saturated rings. The average molecular weight is 248 g/mol. The number of nitrogens with two attached hydrogens (primary N) is 1. The third kappa shape index (κ3) is 3.91. The summed E-state index contributed by atoms with van der Waals surface area (Å²) in [6, 6.07) is 5.39. The van der Waals surface area contributed by atoms with Crippen LogP contribution in [0.3, 0.4) is 0 Å². The predicted octanol–water partition coefficient (Wildman–Crippen LogP) is 1.76. The van der Waals surface area contributed by atoms with E-state index in [0.717, 1.165) is 10.6 Å². The lowest BCUT2D eigenvalue weighted by Gasteiger charge is -2.10. The van der Waals surface area contributed by atoms with Gasteiger partial charge in [-0.1, -0.05) is 11.6 Å². The van der Waals surface area contributed by atoms with E-state index in [2.05, 4.69) is 0 Å². The Bertz CT molecular complexity index is 322. The van der Waals surface area contributed by atoms with Crippen LogP contribution in [0.5, 0.6) is 5.75 Å². The van der Waals surface area contributed by atoms with Crippen LogP contribution in [0.15, 0.2) is 23.1 Å². The molecule has 0 aromatic heterocycles. The molecule has 0 aliphatic heterocycles. The van der Waals surface area contributed by atoms with Gasteiger partial charge < -0.3 is 15.6 Å². The first-order valence-electron chi connectivity index (χ1n) is 4.52. The van der Waals surface area contributed by atoms with E-state index in [4.69, 9.17) is 22.1 Å². The standard InChI is InChI=1S/C10H14ClNO2S/c1-14-9-3-2-7(11)4-10(9)15-6-8(13)5-12/h2-4,8,13H,5-6,12H2,1H3. The molecule has 84 valence electrons. The number of aliphatic hydroxyl groups excluding tert-OH is 1. The molecule has 3 nitrogen and oxygen atoms in total. The monoisotopic (exact) mass is 247 g/mol. The van der Waals surface area contributed by atoms with Gasteiger partial charge in [0.1, 0.15) is 5.75 Å². The fraction of sp³-hybridized carbons (Fsp3) is 0.400. The van der Waals surface area contributed by atoms with Gasteiger partial charge in [0.2, 0.25) is 0 Å². The zero-order valence-electron chi connectivity index (χ0n) is 8.44. The van der Waals surface area contributed by atoms with Crippen LogP contribution in [-0.2, 0) is 0 Å². The summed E-state index contributed by atoms with van der Waals surface area (Å²) in [5, 5.41) is 9.99. The second-order valence-corrected chi connectivity index (χ2v) is 4.49. The molecule has 0 spiro atoms. The fourth-order valence-electron chi connectivity index (χ4n) is 1.02. The molecule has 1 aromatic rings. The number of aliphatic hydroxyl groups is 1. The topological polar surface area (TPSA) is 55.5 Å². The van der Waals surface area contributed by atoms with Crippen molar-refractivity contribution in [3.05, 3.63) is 23.2 Å². The molecular formula is C10H14ClNO2S. The minimum absolute atomic E-state index is 0.260. The first kappa shape index (κ1) is 12.6. The van der Waals surface area contributed by atoms with Crippen molar-refractivity contribution >= 4 is 23.4 Å². The van der Waals surface area contributed by atoms with Crippen molar-refractivity contribution in [2.45, 2.75) is 11.0 Å². The van der Waals surface area contributed by atoms with Crippen molar-refractivity contribution in [3.63, 3.8) is 0 Å². The number of hydrogen-bond acceptors (Lipinski definition) is 4. The Morgan fingerprint density at radius 3 is 2.93 bits per heavy atom. The number of benzene rings is 1. The molecule has 0 radical (unpaired) electrons. The third-order valence-electron chi connectivity index (χ3n) is 1.83. The van der Waals surface area contributed by atoms with Crippen LogP contribution in [0.4, 0.5) is 0 Å². The molecule has 1 aromatic carbocycles. The second kappa shape index (κ2) is 6.23. The largest absolute Gasteiger partial charge is 0.496 e. The van der Waals surface area contributed by atoms with E-state index in [1.165, 1.54) is 11.8 Å². The van der Waals surface area contributed by atoms with Gasteiger partial charge in [-0.3, -0.25) is 0 Å². The second-order valence-electron chi connectivity index (χ2n) is 3.00. The maximum absolute atomic E-state index is 9.33. The van der Waals surface area contributed by atoms with Gasteiger partial charge in [-0.25, -0.2) is 0 Å². The van der Waals surface area contributed by atoms with E-state index in [0.29, 0.717) is 10.8 Å². The van der Waals surface area contributed by atoms with E-state index in [1.807, 2.05) is 6.07 Å². The molecule has 1 rings (SSSR count). The summed E-state index contributed by atoms with van der Waals surface area (Å²) in [4.78, 5) is 0.914. The molecule has 0 aliphatic carbocycles. The average Bonchev–Trinajstić information content (AvgIpc) is 2.26. The van der Waals surface area contributed by atoms with Crippen LogP contribution in [-0.4, -0.2) is 30.6 Å². The molecule has 0 heterocycles. The van der Waals surface area contributed by atoms with Gasteiger partial charge in [-0.15, -0.1) is 11.8 Å². The lowest BCUT2D eigenvalue weighted by molar-refractivity contribution is 0.208.